The highest BCUT2D eigenvalue weighted by molar-refractivity contribution is 6.30. The molecular weight excluding hydrogens is 252 g/mol. The summed E-state index contributed by atoms with van der Waals surface area (Å²) in [4.78, 5) is 18.6. The second kappa shape index (κ2) is 6.18. The fraction of sp³-hybridized carbons (Fsp3) is 0.462. The van der Waals surface area contributed by atoms with Gasteiger partial charge in [0.25, 0.3) is 0 Å². The third-order valence-electron chi connectivity index (χ3n) is 3.24. The summed E-state index contributed by atoms with van der Waals surface area (Å²) in [6, 6.07) is 7.38. The van der Waals surface area contributed by atoms with Crippen LogP contribution >= 0.6 is 11.6 Å². The van der Waals surface area contributed by atoms with Crippen molar-refractivity contribution in [2.24, 2.45) is 11.8 Å². The lowest BCUT2D eigenvalue weighted by Gasteiger charge is -2.16. The number of nitrogens with zero attached hydrogens (tertiary/aromatic N) is 1. The largest absolute Gasteiger partial charge is 0.342 e. The normalized spacial score (nSPS) is 19.2. The van der Waals surface area contributed by atoms with E-state index in [0.29, 0.717) is 24.0 Å². The Kier molecular flexibility index (Phi) is 4.58. The molecule has 1 aromatic carbocycles. The van der Waals surface area contributed by atoms with Crippen molar-refractivity contribution in [3.05, 3.63) is 34.9 Å². The Morgan fingerprint density at radius 1 is 1.44 bits per heavy atom. The fourth-order valence-corrected chi connectivity index (χ4v) is 2.35. The predicted octanol–water partition coefficient (Wildman–Crippen LogP) is 1.62. The van der Waals surface area contributed by atoms with Crippen LogP contribution in [0.25, 0.3) is 0 Å². The van der Waals surface area contributed by atoms with Crippen molar-refractivity contribution in [3.63, 3.8) is 0 Å². The zero-order valence-electron chi connectivity index (χ0n) is 10.1. The van der Waals surface area contributed by atoms with Gasteiger partial charge in [-0.05, 0) is 24.1 Å². The third-order valence-corrected chi connectivity index (χ3v) is 3.49. The Bertz CT molecular complexity index is 408. The minimum absolute atomic E-state index is 0.150. The molecule has 0 radical (unpaired) electrons. The van der Waals surface area contributed by atoms with E-state index in [4.69, 9.17) is 17.5 Å². The van der Waals surface area contributed by atoms with Gasteiger partial charge in [-0.2, -0.15) is 0 Å². The number of rotatable bonds is 4. The molecule has 1 saturated heterocycles. The first-order chi connectivity index (χ1) is 8.69. The molecule has 0 saturated carbocycles. The summed E-state index contributed by atoms with van der Waals surface area (Å²) in [6.07, 6.45) is 1.39. The molecule has 18 heavy (non-hydrogen) atoms. The van der Waals surface area contributed by atoms with E-state index in [1.807, 2.05) is 17.0 Å². The van der Waals surface area contributed by atoms with Crippen molar-refractivity contribution in [2.75, 3.05) is 19.7 Å². The lowest BCUT2D eigenvalue weighted by molar-refractivity contribution is -0.129. The number of nitrogens with two attached hydrogens (primary N) is 1. The lowest BCUT2D eigenvalue weighted by atomic mass is 10.1. The van der Waals surface area contributed by atoms with Gasteiger partial charge in [0.05, 0.1) is 13.0 Å². The molecule has 1 amide bonds. The first-order valence-corrected chi connectivity index (χ1v) is 6.40. The van der Waals surface area contributed by atoms with Gasteiger partial charge in [-0.15, -0.1) is 0 Å². The molecular formula is C13H17ClN2O2. The zero-order valence-corrected chi connectivity index (χ0v) is 10.9. The molecule has 0 aromatic heterocycles. The van der Waals surface area contributed by atoms with Gasteiger partial charge in [0.1, 0.15) is 0 Å². The standard InChI is InChI=1S/C13H17ClN2O2/c14-12-3-1-10(2-4-12)7-13(17)16-6-5-11(8-16)9-18-15/h1-4,11H,5-9,15H2. The van der Waals surface area contributed by atoms with Crippen molar-refractivity contribution < 1.29 is 9.63 Å². The number of hydrogen-bond donors (Lipinski definition) is 1. The predicted molar refractivity (Wildman–Crippen MR) is 70.0 cm³/mol. The number of halogens is 1. The van der Waals surface area contributed by atoms with Crippen molar-refractivity contribution in [1.82, 2.24) is 4.90 Å². The maximum atomic E-state index is 12.1. The van der Waals surface area contributed by atoms with Crippen LogP contribution in [0.5, 0.6) is 0 Å². The smallest absolute Gasteiger partial charge is 0.227 e. The van der Waals surface area contributed by atoms with Crippen LogP contribution in [0.2, 0.25) is 5.02 Å². The van der Waals surface area contributed by atoms with E-state index in [0.717, 1.165) is 25.1 Å². The molecule has 0 bridgehead atoms. The fourth-order valence-electron chi connectivity index (χ4n) is 2.22. The van der Waals surface area contributed by atoms with Gasteiger partial charge in [0, 0.05) is 24.0 Å². The van der Waals surface area contributed by atoms with E-state index in [1.54, 1.807) is 12.1 Å². The number of benzene rings is 1. The highest BCUT2D eigenvalue weighted by Gasteiger charge is 2.26. The summed E-state index contributed by atoms with van der Waals surface area (Å²) in [6.45, 7) is 2.05. The second-order valence-corrected chi connectivity index (χ2v) is 5.07. The molecule has 2 N–H and O–H groups in total. The van der Waals surface area contributed by atoms with Crippen LogP contribution in [-0.2, 0) is 16.1 Å². The number of carbonyl (C=O) groups excluding carboxylic acids is 1. The maximum Gasteiger partial charge on any atom is 0.227 e. The molecule has 0 aliphatic carbocycles. The van der Waals surface area contributed by atoms with Gasteiger partial charge in [0.2, 0.25) is 5.91 Å². The molecule has 1 aromatic rings. The van der Waals surface area contributed by atoms with Crippen molar-refractivity contribution in [1.29, 1.82) is 0 Å². The van der Waals surface area contributed by atoms with E-state index in [2.05, 4.69) is 4.84 Å². The number of hydrogen-bond acceptors (Lipinski definition) is 3. The Hall–Kier alpha value is -1.10. The monoisotopic (exact) mass is 268 g/mol. The van der Waals surface area contributed by atoms with Gasteiger partial charge in [-0.25, -0.2) is 5.90 Å². The van der Waals surface area contributed by atoms with E-state index >= 15 is 0 Å². The molecule has 2 rings (SSSR count). The van der Waals surface area contributed by atoms with Gasteiger partial charge >= 0.3 is 0 Å². The van der Waals surface area contributed by atoms with Gasteiger partial charge in [0.15, 0.2) is 0 Å². The van der Waals surface area contributed by atoms with Crippen molar-refractivity contribution >= 4 is 17.5 Å². The van der Waals surface area contributed by atoms with E-state index < -0.39 is 0 Å². The summed E-state index contributed by atoms with van der Waals surface area (Å²) >= 11 is 5.81. The molecule has 1 aliphatic heterocycles. The summed E-state index contributed by atoms with van der Waals surface area (Å²) in [5.41, 5.74) is 0.989. The molecule has 1 atom stereocenters. The van der Waals surface area contributed by atoms with Gasteiger partial charge in [-0.1, -0.05) is 23.7 Å². The molecule has 5 heteroatoms. The Labute approximate surface area is 112 Å². The van der Waals surface area contributed by atoms with E-state index in [9.17, 15) is 4.79 Å². The van der Waals surface area contributed by atoms with Crippen LogP contribution in [0, 0.1) is 5.92 Å². The minimum atomic E-state index is 0.150. The van der Waals surface area contributed by atoms with Gasteiger partial charge in [-0.3, -0.25) is 4.79 Å². The second-order valence-electron chi connectivity index (χ2n) is 4.63. The number of likely N-dealkylation sites (tertiary alicyclic amines) is 1. The Morgan fingerprint density at radius 3 is 2.83 bits per heavy atom. The van der Waals surface area contributed by atoms with Crippen molar-refractivity contribution in [2.45, 2.75) is 12.8 Å². The first kappa shape index (κ1) is 13.3. The summed E-state index contributed by atoms with van der Waals surface area (Å²) < 4.78 is 0. The van der Waals surface area contributed by atoms with Crippen LogP contribution in [0.15, 0.2) is 24.3 Å². The van der Waals surface area contributed by atoms with Crippen LogP contribution in [-0.4, -0.2) is 30.5 Å². The van der Waals surface area contributed by atoms with E-state index in [-0.39, 0.29) is 5.91 Å². The first-order valence-electron chi connectivity index (χ1n) is 6.03. The average molecular weight is 269 g/mol. The highest BCUT2D eigenvalue weighted by atomic mass is 35.5. The third kappa shape index (κ3) is 3.45. The molecule has 1 unspecified atom stereocenters. The molecule has 1 fully saturated rings. The molecule has 98 valence electrons. The topological polar surface area (TPSA) is 55.6 Å². The molecule has 0 spiro atoms. The van der Waals surface area contributed by atoms with Crippen LogP contribution in [0.3, 0.4) is 0 Å². The molecule has 1 heterocycles. The van der Waals surface area contributed by atoms with Crippen LogP contribution in [0.4, 0.5) is 0 Å². The summed E-state index contributed by atoms with van der Waals surface area (Å²) in [7, 11) is 0. The van der Waals surface area contributed by atoms with E-state index in [1.165, 1.54) is 0 Å². The quantitative estimate of drug-likeness (QED) is 0.845. The highest BCUT2D eigenvalue weighted by Crippen LogP contribution is 2.18. The number of carbonyl (C=O) groups is 1. The Balaban J connectivity index is 1.87. The number of amides is 1. The molecule has 1 aliphatic rings. The van der Waals surface area contributed by atoms with Crippen LogP contribution in [0.1, 0.15) is 12.0 Å². The minimum Gasteiger partial charge on any atom is -0.342 e. The van der Waals surface area contributed by atoms with Crippen LogP contribution < -0.4 is 5.90 Å². The summed E-state index contributed by atoms with van der Waals surface area (Å²) in [5, 5.41) is 0.688. The SMILES string of the molecule is NOCC1CCN(C(=O)Cc2ccc(Cl)cc2)C1. The Morgan fingerprint density at radius 2 is 2.17 bits per heavy atom. The van der Waals surface area contributed by atoms with Crippen molar-refractivity contribution in [3.8, 4) is 0 Å². The lowest BCUT2D eigenvalue weighted by Crippen LogP contribution is -2.30. The summed E-state index contributed by atoms with van der Waals surface area (Å²) in [5.74, 6) is 5.57. The maximum absolute atomic E-state index is 12.1. The average Bonchev–Trinajstić information content (AvgIpc) is 2.81. The zero-order chi connectivity index (χ0) is 13.0. The molecule has 4 nitrogen and oxygen atoms in total. The van der Waals surface area contributed by atoms with Gasteiger partial charge < -0.3 is 9.74 Å².